The molecule has 1 aliphatic rings. The predicted octanol–water partition coefficient (Wildman–Crippen LogP) is 0.873. The van der Waals surface area contributed by atoms with Crippen molar-refractivity contribution in [1.82, 2.24) is 19.5 Å². The van der Waals surface area contributed by atoms with Crippen LogP contribution in [0.3, 0.4) is 0 Å². The molecule has 0 unspecified atom stereocenters. The number of halogens is 1. The fourth-order valence-corrected chi connectivity index (χ4v) is 3.71. The predicted molar refractivity (Wildman–Crippen MR) is 85.1 cm³/mol. The van der Waals surface area contributed by atoms with Crippen molar-refractivity contribution in [3.05, 3.63) is 11.6 Å². The molecule has 10 nitrogen and oxygen atoms in total. The Morgan fingerprint density at radius 3 is 2.92 bits per heavy atom. The van der Waals surface area contributed by atoms with Gasteiger partial charge in [-0.05, 0) is 24.4 Å². The second-order valence-electron chi connectivity index (χ2n) is 6.23. The maximum Gasteiger partial charge on any atom is 0.469 e. The minimum absolute atomic E-state index is 0.00658. The molecule has 0 amide bonds. The lowest BCUT2D eigenvalue weighted by atomic mass is 9.87. The standard InChI is InChI=1S/C12H17ClN5O5P/c1-12(4-23-24(20,21)22)3-6(2-7(12)19)18-5-15-8-9(14)16-11(13)17-10(8)18/h5-7,19H,2-4H2,1H3,(H2,14,16,17)(H2,20,21,22)/t6-,7-,12+/m0/s1. The van der Waals surface area contributed by atoms with Gasteiger partial charge in [0.15, 0.2) is 11.5 Å². The van der Waals surface area contributed by atoms with E-state index < -0.39 is 19.3 Å². The molecule has 0 bridgehead atoms. The molecule has 3 atom stereocenters. The van der Waals surface area contributed by atoms with Gasteiger partial charge in [-0.1, -0.05) is 6.92 Å². The number of aliphatic hydroxyl groups excluding tert-OH is 1. The summed E-state index contributed by atoms with van der Waals surface area (Å²) in [5.41, 5.74) is 5.82. The summed E-state index contributed by atoms with van der Waals surface area (Å²) in [4.78, 5) is 29.9. The molecule has 0 saturated heterocycles. The van der Waals surface area contributed by atoms with Crippen LogP contribution in [0.4, 0.5) is 5.82 Å². The lowest BCUT2D eigenvalue weighted by molar-refractivity contribution is 0.0188. The quantitative estimate of drug-likeness (QED) is 0.448. The number of aromatic nitrogens is 4. The molecule has 24 heavy (non-hydrogen) atoms. The van der Waals surface area contributed by atoms with Crippen LogP contribution in [0, 0.1) is 5.41 Å². The molecule has 132 valence electrons. The van der Waals surface area contributed by atoms with Gasteiger partial charge < -0.3 is 25.2 Å². The van der Waals surface area contributed by atoms with Gasteiger partial charge in [0.25, 0.3) is 0 Å². The number of rotatable bonds is 4. The topological polar surface area (TPSA) is 157 Å². The molecular formula is C12H17ClN5O5P. The Hall–Kier alpha value is -1.29. The van der Waals surface area contributed by atoms with Crippen LogP contribution in [0.5, 0.6) is 0 Å². The number of hydrogen-bond donors (Lipinski definition) is 4. The molecule has 2 heterocycles. The Bertz CT molecular complexity index is 826. The fraction of sp³-hybridized carbons (Fsp3) is 0.583. The molecule has 1 fully saturated rings. The van der Waals surface area contributed by atoms with Gasteiger partial charge in [0.1, 0.15) is 5.52 Å². The van der Waals surface area contributed by atoms with Gasteiger partial charge in [-0.3, -0.25) is 4.52 Å². The normalized spacial score (nSPS) is 27.9. The number of phosphoric ester groups is 1. The van der Waals surface area contributed by atoms with Crippen LogP contribution in [0.25, 0.3) is 11.2 Å². The Kier molecular flexibility index (Phi) is 4.31. The monoisotopic (exact) mass is 377 g/mol. The minimum Gasteiger partial charge on any atom is -0.392 e. The Labute approximate surface area is 141 Å². The molecule has 0 aliphatic heterocycles. The molecular weight excluding hydrogens is 361 g/mol. The number of nitrogens with zero attached hydrogens (tertiary/aromatic N) is 4. The smallest absolute Gasteiger partial charge is 0.392 e. The van der Waals surface area contributed by atoms with E-state index in [2.05, 4.69) is 19.5 Å². The molecule has 0 spiro atoms. The number of nitrogens with two attached hydrogens (primary N) is 1. The van der Waals surface area contributed by atoms with Crippen molar-refractivity contribution in [2.45, 2.75) is 31.9 Å². The highest BCUT2D eigenvalue weighted by atomic mass is 35.5. The largest absolute Gasteiger partial charge is 0.469 e. The van der Waals surface area contributed by atoms with E-state index in [9.17, 15) is 9.67 Å². The van der Waals surface area contributed by atoms with E-state index in [0.29, 0.717) is 24.0 Å². The molecule has 12 heteroatoms. The minimum atomic E-state index is -4.60. The maximum atomic E-state index is 10.9. The summed E-state index contributed by atoms with van der Waals surface area (Å²) in [6.45, 7) is 1.45. The number of nitrogen functional groups attached to an aromatic ring is 1. The van der Waals surface area contributed by atoms with Gasteiger partial charge in [0.2, 0.25) is 5.28 Å². The fourth-order valence-electron chi connectivity index (χ4n) is 3.08. The van der Waals surface area contributed by atoms with E-state index in [1.165, 1.54) is 0 Å². The van der Waals surface area contributed by atoms with Gasteiger partial charge in [0.05, 0.1) is 19.0 Å². The van der Waals surface area contributed by atoms with Crippen molar-refractivity contribution in [2.75, 3.05) is 12.3 Å². The Balaban J connectivity index is 1.88. The number of anilines is 1. The highest BCUT2D eigenvalue weighted by molar-refractivity contribution is 7.46. The van der Waals surface area contributed by atoms with E-state index in [0.717, 1.165) is 0 Å². The lowest BCUT2D eigenvalue weighted by Crippen LogP contribution is -2.31. The first-order valence-electron chi connectivity index (χ1n) is 7.13. The molecule has 2 aromatic rings. The number of hydrogen-bond acceptors (Lipinski definition) is 7. The molecule has 3 rings (SSSR count). The van der Waals surface area contributed by atoms with Crippen molar-refractivity contribution >= 4 is 36.4 Å². The van der Waals surface area contributed by atoms with E-state index in [-0.39, 0.29) is 23.8 Å². The maximum absolute atomic E-state index is 10.9. The second kappa shape index (κ2) is 5.91. The highest BCUT2D eigenvalue weighted by Gasteiger charge is 2.45. The molecule has 1 aliphatic carbocycles. The summed E-state index contributed by atoms with van der Waals surface area (Å²) in [6.07, 6.45) is 1.51. The van der Waals surface area contributed by atoms with Crippen LogP contribution in [-0.2, 0) is 9.09 Å². The van der Waals surface area contributed by atoms with Crippen molar-refractivity contribution in [2.24, 2.45) is 5.41 Å². The first kappa shape index (κ1) is 17.5. The first-order chi connectivity index (χ1) is 11.1. The first-order valence-corrected chi connectivity index (χ1v) is 9.03. The van der Waals surface area contributed by atoms with Crippen molar-refractivity contribution in [1.29, 1.82) is 0 Å². The molecule has 5 N–H and O–H groups in total. The summed E-state index contributed by atoms with van der Waals surface area (Å²) in [6, 6.07) is -0.194. The molecule has 1 saturated carbocycles. The van der Waals surface area contributed by atoms with E-state index >= 15 is 0 Å². The SMILES string of the molecule is C[C@]1(COP(=O)(O)O)C[C@@H](n2cnc3c(N)nc(Cl)nc32)C[C@@H]1O. The second-order valence-corrected chi connectivity index (χ2v) is 7.81. The number of phosphoric acid groups is 1. The summed E-state index contributed by atoms with van der Waals surface area (Å²) in [7, 11) is -4.60. The third-order valence-electron chi connectivity index (χ3n) is 4.38. The van der Waals surface area contributed by atoms with Gasteiger partial charge in [-0.15, -0.1) is 0 Å². The van der Waals surface area contributed by atoms with Crippen molar-refractivity contribution in [3.63, 3.8) is 0 Å². The van der Waals surface area contributed by atoms with Crippen LogP contribution >= 0.6 is 19.4 Å². The zero-order valence-electron chi connectivity index (χ0n) is 12.7. The average molecular weight is 378 g/mol. The third-order valence-corrected chi connectivity index (χ3v) is 5.01. The number of aliphatic hydroxyl groups is 1. The van der Waals surface area contributed by atoms with E-state index in [1.807, 2.05) is 0 Å². The molecule has 0 radical (unpaired) electrons. The van der Waals surface area contributed by atoms with Crippen molar-refractivity contribution < 1.29 is 24.0 Å². The van der Waals surface area contributed by atoms with Gasteiger partial charge >= 0.3 is 7.82 Å². The van der Waals surface area contributed by atoms with Crippen LogP contribution in [0.2, 0.25) is 5.28 Å². The van der Waals surface area contributed by atoms with Gasteiger partial charge in [-0.2, -0.15) is 9.97 Å². The number of fused-ring (bicyclic) bond motifs is 1. The van der Waals surface area contributed by atoms with E-state index in [1.54, 1.807) is 17.8 Å². The number of imidazole rings is 1. The van der Waals surface area contributed by atoms with Crippen LogP contribution in [0.1, 0.15) is 25.8 Å². The molecule has 0 aromatic carbocycles. The third kappa shape index (κ3) is 3.26. The molecule has 2 aromatic heterocycles. The lowest BCUT2D eigenvalue weighted by Gasteiger charge is -2.27. The van der Waals surface area contributed by atoms with Crippen molar-refractivity contribution in [3.8, 4) is 0 Å². The summed E-state index contributed by atoms with van der Waals surface area (Å²) >= 11 is 5.84. The highest BCUT2D eigenvalue weighted by Crippen LogP contribution is 2.48. The zero-order chi connectivity index (χ0) is 17.7. The van der Waals surface area contributed by atoms with E-state index in [4.69, 9.17) is 27.1 Å². The van der Waals surface area contributed by atoms with Crippen LogP contribution in [-0.4, -0.2) is 47.1 Å². The zero-order valence-corrected chi connectivity index (χ0v) is 14.4. The Morgan fingerprint density at radius 1 is 1.54 bits per heavy atom. The Morgan fingerprint density at radius 2 is 2.25 bits per heavy atom. The summed E-state index contributed by atoms with van der Waals surface area (Å²) < 4.78 is 17.3. The average Bonchev–Trinajstić information content (AvgIpc) is 2.99. The van der Waals surface area contributed by atoms with Gasteiger partial charge in [-0.25, -0.2) is 9.55 Å². The summed E-state index contributed by atoms with van der Waals surface area (Å²) in [5.74, 6) is 0.162. The summed E-state index contributed by atoms with van der Waals surface area (Å²) in [5, 5.41) is 10.3. The van der Waals surface area contributed by atoms with Crippen LogP contribution < -0.4 is 5.73 Å². The van der Waals surface area contributed by atoms with Gasteiger partial charge in [0, 0.05) is 11.5 Å². The van der Waals surface area contributed by atoms with Crippen LogP contribution in [0.15, 0.2) is 6.33 Å².